The molecule has 3 amide bonds. The summed E-state index contributed by atoms with van der Waals surface area (Å²) in [6, 6.07) is 7.90. The Morgan fingerprint density at radius 3 is 2.92 bits per heavy atom. The molecular formula is C18H18N4O3. The molecule has 1 aromatic carbocycles. The van der Waals surface area contributed by atoms with Gasteiger partial charge in [-0.25, -0.2) is 9.78 Å². The second-order valence-electron chi connectivity index (χ2n) is 6.23. The highest BCUT2D eigenvalue weighted by Crippen LogP contribution is 2.43. The monoisotopic (exact) mass is 338 g/mol. The summed E-state index contributed by atoms with van der Waals surface area (Å²) in [7, 11) is 0. The van der Waals surface area contributed by atoms with Crippen LogP contribution in [0.5, 0.6) is 5.75 Å². The quantitative estimate of drug-likeness (QED) is 0.784. The van der Waals surface area contributed by atoms with Crippen molar-refractivity contribution in [2.45, 2.75) is 25.3 Å². The van der Waals surface area contributed by atoms with Gasteiger partial charge in [0.2, 0.25) is 0 Å². The summed E-state index contributed by atoms with van der Waals surface area (Å²) in [6.45, 7) is 0.756. The van der Waals surface area contributed by atoms with E-state index in [-0.39, 0.29) is 23.5 Å². The van der Waals surface area contributed by atoms with Crippen LogP contribution in [0.15, 0.2) is 36.5 Å². The molecule has 2 aliphatic heterocycles. The van der Waals surface area contributed by atoms with Gasteiger partial charge in [-0.05, 0) is 43.5 Å². The van der Waals surface area contributed by atoms with Crippen LogP contribution in [0.3, 0.4) is 0 Å². The van der Waals surface area contributed by atoms with Crippen LogP contribution >= 0.6 is 0 Å². The van der Waals surface area contributed by atoms with Gasteiger partial charge in [0, 0.05) is 29.6 Å². The average molecular weight is 338 g/mol. The Morgan fingerprint density at radius 1 is 1.20 bits per heavy atom. The van der Waals surface area contributed by atoms with Crippen molar-refractivity contribution in [2.75, 3.05) is 17.2 Å². The van der Waals surface area contributed by atoms with E-state index in [0.717, 1.165) is 31.4 Å². The third kappa shape index (κ3) is 2.67. The second-order valence-corrected chi connectivity index (χ2v) is 6.23. The van der Waals surface area contributed by atoms with E-state index in [4.69, 9.17) is 0 Å². The second kappa shape index (κ2) is 6.08. The van der Waals surface area contributed by atoms with Crippen LogP contribution < -0.4 is 10.6 Å². The summed E-state index contributed by atoms with van der Waals surface area (Å²) >= 11 is 0. The number of aromatic hydroxyl groups is 1. The Kier molecular flexibility index (Phi) is 3.76. The summed E-state index contributed by atoms with van der Waals surface area (Å²) < 4.78 is 0. The number of carbonyl (C=O) groups is 2. The number of piperidine rings is 1. The van der Waals surface area contributed by atoms with Gasteiger partial charge in [-0.2, -0.15) is 0 Å². The van der Waals surface area contributed by atoms with Gasteiger partial charge in [0.1, 0.15) is 0 Å². The Hall–Kier alpha value is -3.09. The molecule has 0 aliphatic carbocycles. The fourth-order valence-electron chi connectivity index (χ4n) is 3.60. The standard InChI is InChI=1S/C18H18N4O3/c23-14-8-4-9-19-16(14)21-18(25)20-12-6-3-5-11-15(12)13-7-1-2-10-22(13)17(11)24/h3-6,8-9,13,23H,1-2,7,10H2,(H2,19,20,21,25). The van der Waals surface area contributed by atoms with Crippen molar-refractivity contribution in [3.8, 4) is 5.75 Å². The maximum atomic E-state index is 12.6. The van der Waals surface area contributed by atoms with Gasteiger partial charge >= 0.3 is 6.03 Å². The van der Waals surface area contributed by atoms with E-state index in [1.54, 1.807) is 18.2 Å². The molecule has 0 bridgehead atoms. The first-order valence-electron chi connectivity index (χ1n) is 8.31. The van der Waals surface area contributed by atoms with Crippen molar-refractivity contribution < 1.29 is 14.7 Å². The number of nitrogens with zero attached hydrogens (tertiary/aromatic N) is 2. The minimum Gasteiger partial charge on any atom is -0.504 e. The van der Waals surface area contributed by atoms with E-state index in [1.807, 2.05) is 11.0 Å². The molecule has 25 heavy (non-hydrogen) atoms. The number of carbonyl (C=O) groups excluding carboxylic acids is 2. The highest BCUT2D eigenvalue weighted by molar-refractivity contribution is 6.05. The number of urea groups is 1. The lowest BCUT2D eigenvalue weighted by Crippen LogP contribution is -2.32. The number of hydrogen-bond donors (Lipinski definition) is 3. The zero-order chi connectivity index (χ0) is 17.4. The van der Waals surface area contributed by atoms with Gasteiger partial charge in [0.15, 0.2) is 11.6 Å². The van der Waals surface area contributed by atoms with Gasteiger partial charge in [0.25, 0.3) is 5.91 Å². The normalized spacial score (nSPS) is 18.5. The molecule has 1 aromatic heterocycles. The first kappa shape index (κ1) is 15.4. The van der Waals surface area contributed by atoms with E-state index < -0.39 is 6.03 Å². The van der Waals surface area contributed by atoms with Gasteiger partial charge < -0.3 is 15.3 Å². The smallest absolute Gasteiger partial charge is 0.324 e. The van der Waals surface area contributed by atoms with E-state index in [9.17, 15) is 14.7 Å². The molecule has 0 saturated carbocycles. The lowest BCUT2D eigenvalue weighted by atomic mass is 9.96. The summed E-state index contributed by atoms with van der Waals surface area (Å²) in [5.74, 6) is 0.0126. The number of hydrogen-bond acceptors (Lipinski definition) is 4. The number of fused-ring (bicyclic) bond motifs is 3. The topological polar surface area (TPSA) is 94.6 Å². The molecule has 2 aromatic rings. The van der Waals surface area contributed by atoms with Crippen molar-refractivity contribution in [2.24, 2.45) is 0 Å². The molecule has 7 nitrogen and oxygen atoms in total. The fourth-order valence-corrected chi connectivity index (χ4v) is 3.60. The summed E-state index contributed by atoms with van der Waals surface area (Å²) in [6.07, 6.45) is 4.46. The highest BCUT2D eigenvalue weighted by Gasteiger charge is 2.39. The number of anilines is 2. The van der Waals surface area contributed by atoms with Crippen LogP contribution in [0.25, 0.3) is 0 Å². The summed E-state index contributed by atoms with van der Waals surface area (Å²) in [5, 5.41) is 15.0. The Bertz CT molecular complexity index is 852. The Morgan fingerprint density at radius 2 is 2.08 bits per heavy atom. The number of amides is 3. The molecule has 4 rings (SSSR count). The van der Waals surface area contributed by atoms with E-state index in [0.29, 0.717) is 11.3 Å². The van der Waals surface area contributed by atoms with Crippen LogP contribution in [0.4, 0.5) is 16.3 Å². The number of benzene rings is 1. The Balaban J connectivity index is 1.59. The predicted octanol–water partition coefficient (Wildman–Crippen LogP) is 3.11. The third-order valence-electron chi connectivity index (χ3n) is 4.70. The first-order valence-corrected chi connectivity index (χ1v) is 8.31. The van der Waals surface area contributed by atoms with Gasteiger partial charge in [-0.3, -0.25) is 10.1 Å². The maximum Gasteiger partial charge on any atom is 0.324 e. The van der Waals surface area contributed by atoms with E-state index in [2.05, 4.69) is 15.6 Å². The zero-order valence-electron chi connectivity index (χ0n) is 13.5. The molecule has 0 radical (unpaired) electrons. The molecule has 2 aliphatic rings. The zero-order valence-corrected chi connectivity index (χ0v) is 13.5. The molecule has 7 heteroatoms. The van der Waals surface area contributed by atoms with Crippen LogP contribution in [-0.4, -0.2) is 33.5 Å². The lowest BCUT2D eigenvalue weighted by molar-refractivity contribution is 0.0672. The van der Waals surface area contributed by atoms with Crippen molar-refractivity contribution in [1.82, 2.24) is 9.88 Å². The fraction of sp³-hybridized carbons (Fsp3) is 0.278. The lowest BCUT2D eigenvalue weighted by Gasteiger charge is -2.30. The average Bonchev–Trinajstić information content (AvgIpc) is 2.91. The maximum absolute atomic E-state index is 12.6. The van der Waals surface area contributed by atoms with Crippen molar-refractivity contribution in [3.05, 3.63) is 47.7 Å². The Labute approximate surface area is 144 Å². The SMILES string of the molecule is O=C(Nc1cccc2c1C1CCCCN1C2=O)Nc1ncccc1O. The van der Waals surface area contributed by atoms with Gasteiger partial charge in [-0.1, -0.05) is 6.07 Å². The first-order chi connectivity index (χ1) is 12.1. The summed E-state index contributed by atoms with van der Waals surface area (Å²) in [5.41, 5.74) is 2.16. The van der Waals surface area contributed by atoms with Crippen LogP contribution in [0.1, 0.15) is 41.2 Å². The van der Waals surface area contributed by atoms with Gasteiger partial charge in [-0.15, -0.1) is 0 Å². The highest BCUT2D eigenvalue weighted by atomic mass is 16.3. The van der Waals surface area contributed by atoms with Gasteiger partial charge in [0.05, 0.1) is 6.04 Å². The van der Waals surface area contributed by atoms with Crippen LogP contribution in [0.2, 0.25) is 0 Å². The molecule has 3 N–H and O–H groups in total. The van der Waals surface area contributed by atoms with E-state index >= 15 is 0 Å². The molecule has 1 saturated heterocycles. The minimum absolute atomic E-state index is 0.0241. The largest absolute Gasteiger partial charge is 0.504 e. The minimum atomic E-state index is -0.510. The molecule has 128 valence electrons. The molecule has 1 fully saturated rings. The molecule has 3 heterocycles. The molecule has 0 spiro atoms. The number of nitrogens with one attached hydrogen (secondary N) is 2. The summed E-state index contributed by atoms with van der Waals surface area (Å²) in [4.78, 5) is 30.7. The number of rotatable bonds is 2. The number of aromatic nitrogens is 1. The van der Waals surface area contributed by atoms with Crippen LogP contribution in [-0.2, 0) is 0 Å². The molecular weight excluding hydrogens is 320 g/mol. The van der Waals surface area contributed by atoms with Crippen molar-refractivity contribution in [3.63, 3.8) is 0 Å². The molecule has 1 atom stereocenters. The molecule has 1 unspecified atom stereocenters. The van der Waals surface area contributed by atoms with E-state index in [1.165, 1.54) is 12.3 Å². The number of pyridine rings is 1. The predicted molar refractivity (Wildman–Crippen MR) is 92.6 cm³/mol. The van der Waals surface area contributed by atoms with Crippen molar-refractivity contribution in [1.29, 1.82) is 0 Å². The van der Waals surface area contributed by atoms with Crippen LogP contribution in [0, 0.1) is 0 Å². The third-order valence-corrected chi connectivity index (χ3v) is 4.70. The van der Waals surface area contributed by atoms with Crippen molar-refractivity contribution >= 4 is 23.4 Å².